The van der Waals surface area contributed by atoms with Gasteiger partial charge >= 0.3 is 0 Å². The molecule has 0 saturated carbocycles. The van der Waals surface area contributed by atoms with Crippen molar-refractivity contribution < 1.29 is 32.8 Å². The van der Waals surface area contributed by atoms with Gasteiger partial charge in [0, 0.05) is 0 Å². The third-order valence-corrected chi connectivity index (χ3v) is 6.39. The first-order valence-corrected chi connectivity index (χ1v) is 12.5. The Morgan fingerprint density at radius 3 is 2.00 bits per heavy atom. The van der Waals surface area contributed by atoms with Crippen molar-refractivity contribution in [2.24, 2.45) is 0 Å². The SMILES string of the molecule is CCCC(CCCCCCCCCCCOOOO)OS(=O)(=O)c1ccc(C)cc1. The van der Waals surface area contributed by atoms with E-state index in [0.29, 0.717) is 6.61 Å². The highest BCUT2D eigenvalue weighted by Gasteiger charge is 2.21. The van der Waals surface area contributed by atoms with E-state index in [9.17, 15) is 8.42 Å². The van der Waals surface area contributed by atoms with Crippen molar-refractivity contribution in [2.75, 3.05) is 6.61 Å². The molecule has 1 rings (SSSR count). The minimum absolute atomic E-state index is 0.232. The Bertz CT molecular complexity index is 631. The maximum atomic E-state index is 12.5. The van der Waals surface area contributed by atoms with Gasteiger partial charge < -0.3 is 0 Å². The van der Waals surface area contributed by atoms with Gasteiger partial charge in [-0.3, -0.25) is 4.18 Å². The van der Waals surface area contributed by atoms with Crippen molar-refractivity contribution in [2.45, 2.75) is 102 Å². The van der Waals surface area contributed by atoms with Crippen LogP contribution in [0, 0.1) is 6.92 Å². The smallest absolute Gasteiger partial charge is 0.263 e. The van der Waals surface area contributed by atoms with E-state index in [2.05, 4.69) is 21.9 Å². The van der Waals surface area contributed by atoms with E-state index in [1.165, 1.54) is 19.3 Å². The van der Waals surface area contributed by atoms with Crippen molar-refractivity contribution in [3.63, 3.8) is 0 Å². The molecule has 0 aliphatic carbocycles. The summed E-state index contributed by atoms with van der Waals surface area (Å²) in [4.78, 5) is 4.76. The number of hydrogen-bond donors (Lipinski definition) is 1. The van der Waals surface area contributed by atoms with Gasteiger partial charge in [0.1, 0.15) is 0 Å². The summed E-state index contributed by atoms with van der Waals surface area (Å²) in [7, 11) is -3.70. The lowest BCUT2D eigenvalue weighted by atomic mass is 10.0. The summed E-state index contributed by atoms with van der Waals surface area (Å²) in [5.41, 5.74) is 1.02. The summed E-state index contributed by atoms with van der Waals surface area (Å²) in [6, 6.07) is 6.80. The number of hydrogen-bond acceptors (Lipinski definition) is 7. The van der Waals surface area contributed by atoms with Crippen molar-refractivity contribution in [1.29, 1.82) is 0 Å². The molecule has 1 atom stereocenters. The Balaban J connectivity index is 2.15. The first kappa shape index (κ1) is 27.0. The van der Waals surface area contributed by atoms with E-state index < -0.39 is 10.1 Å². The summed E-state index contributed by atoms with van der Waals surface area (Å²) in [5, 5.41) is 15.2. The number of benzene rings is 1. The molecule has 0 radical (unpaired) electrons. The molecular formula is C22H38O7S. The van der Waals surface area contributed by atoms with Gasteiger partial charge in [0.2, 0.25) is 0 Å². The fourth-order valence-electron chi connectivity index (χ4n) is 3.33. The van der Waals surface area contributed by atoms with E-state index in [4.69, 9.17) is 9.44 Å². The maximum Gasteiger partial charge on any atom is 0.297 e. The molecule has 1 N–H and O–H groups in total. The van der Waals surface area contributed by atoms with Crippen LogP contribution in [-0.4, -0.2) is 26.4 Å². The van der Waals surface area contributed by atoms with Crippen LogP contribution in [0.5, 0.6) is 0 Å². The lowest BCUT2D eigenvalue weighted by Gasteiger charge is -2.17. The zero-order chi connectivity index (χ0) is 22.1. The van der Waals surface area contributed by atoms with Crippen LogP contribution < -0.4 is 0 Å². The van der Waals surface area contributed by atoms with Gasteiger partial charge in [0.25, 0.3) is 10.1 Å². The van der Waals surface area contributed by atoms with Gasteiger partial charge in [0.15, 0.2) is 0 Å². The van der Waals surface area contributed by atoms with Crippen LogP contribution in [0.25, 0.3) is 0 Å². The van der Waals surface area contributed by atoms with E-state index in [0.717, 1.165) is 63.4 Å². The van der Waals surface area contributed by atoms with Gasteiger partial charge in [0.05, 0.1) is 17.6 Å². The molecule has 0 aliphatic rings. The highest BCUT2D eigenvalue weighted by atomic mass is 32.2. The molecule has 1 aromatic rings. The minimum atomic E-state index is -3.70. The third-order valence-electron chi connectivity index (χ3n) is 5.02. The zero-order valence-corrected chi connectivity index (χ0v) is 19.2. The Morgan fingerprint density at radius 2 is 1.43 bits per heavy atom. The second kappa shape index (κ2) is 16.6. The predicted octanol–water partition coefficient (Wildman–Crippen LogP) is 6.12. The largest absolute Gasteiger partial charge is 0.297 e. The quantitative estimate of drug-likeness (QED) is 0.118. The zero-order valence-electron chi connectivity index (χ0n) is 18.4. The van der Waals surface area contributed by atoms with E-state index in [1.54, 1.807) is 24.3 Å². The predicted molar refractivity (Wildman–Crippen MR) is 115 cm³/mol. The molecular weight excluding hydrogens is 408 g/mol. The monoisotopic (exact) mass is 446 g/mol. The second-order valence-electron chi connectivity index (χ2n) is 7.71. The van der Waals surface area contributed by atoms with Crippen molar-refractivity contribution >= 4 is 10.1 Å². The highest BCUT2D eigenvalue weighted by Crippen LogP contribution is 2.21. The summed E-state index contributed by atoms with van der Waals surface area (Å²) in [6.07, 6.45) is 12.1. The summed E-state index contributed by atoms with van der Waals surface area (Å²) >= 11 is 0. The molecule has 0 heterocycles. The summed E-state index contributed by atoms with van der Waals surface area (Å²) in [5.74, 6) is 0. The van der Waals surface area contributed by atoms with Crippen LogP contribution >= 0.6 is 0 Å². The van der Waals surface area contributed by atoms with Crippen molar-refractivity contribution in [3.05, 3.63) is 29.8 Å². The van der Waals surface area contributed by atoms with E-state index >= 15 is 0 Å². The van der Waals surface area contributed by atoms with Gasteiger partial charge in [-0.25, -0.2) is 10.1 Å². The Hall–Kier alpha value is -1.03. The summed E-state index contributed by atoms with van der Waals surface area (Å²) < 4.78 is 30.6. The fraction of sp³-hybridized carbons (Fsp3) is 0.727. The minimum Gasteiger partial charge on any atom is -0.263 e. The Morgan fingerprint density at radius 1 is 0.867 bits per heavy atom. The van der Waals surface area contributed by atoms with Crippen LogP contribution in [0.2, 0.25) is 0 Å². The number of rotatable bonds is 19. The molecule has 1 unspecified atom stereocenters. The average molecular weight is 447 g/mol. The van der Waals surface area contributed by atoms with Crippen molar-refractivity contribution in [1.82, 2.24) is 0 Å². The van der Waals surface area contributed by atoms with Gasteiger partial charge in [-0.05, 0) is 48.4 Å². The molecule has 7 nitrogen and oxygen atoms in total. The molecule has 0 saturated heterocycles. The molecule has 8 heteroatoms. The number of aryl methyl sites for hydroxylation is 1. The molecule has 0 spiro atoms. The average Bonchev–Trinajstić information content (AvgIpc) is 2.71. The Labute approximate surface area is 181 Å². The molecule has 0 fully saturated rings. The first-order chi connectivity index (χ1) is 14.5. The third kappa shape index (κ3) is 12.6. The molecule has 1 aromatic carbocycles. The molecule has 174 valence electrons. The molecule has 0 aromatic heterocycles. The fourth-order valence-corrected chi connectivity index (χ4v) is 4.46. The topological polar surface area (TPSA) is 91.3 Å². The van der Waals surface area contributed by atoms with Crippen molar-refractivity contribution in [3.8, 4) is 0 Å². The molecule has 0 aliphatic heterocycles. The normalized spacial score (nSPS) is 12.9. The van der Waals surface area contributed by atoms with Crippen LogP contribution in [0.4, 0.5) is 0 Å². The standard InChI is InChI=1S/C22H38O7S/c1-3-13-21(27-30(24,25)22-17-15-20(2)16-18-22)14-11-9-7-5-4-6-8-10-12-19-26-29-28-23/h15-18,21,23H,3-14,19H2,1-2H3. The van der Waals surface area contributed by atoms with Gasteiger partial charge in [-0.1, -0.05) is 82.4 Å². The number of unbranched alkanes of at least 4 members (excludes halogenated alkanes) is 8. The lowest BCUT2D eigenvalue weighted by molar-refractivity contribution is -0.623. The first-order valence-electron chi connectivity index (χ1n) is 11.1. The molecule has 0 amide bonds. The van der Waals surface area contributed by atoms with Gasteiger partial charge in [-0.15, -0.1) is 0 Å². The maximum absolute atomic E-state index is 12.5. The Kier molecular flexibility index (Phi) is 15.0. The molecule has 0 bridgehead atoms. The van der Waals surface area contributed by atoms with Gasteiger partial charge in [-0.2, -0.15) is 8.42 Å². The van der Waals surface area contributed by atoms with E-state index in [1.807, 2.05) is 6.92 Å². The highest BCUT2D eigenvalue weighted by molar-refractivity contribution is 7.86. The van der Waals surface area contributed by atoms with Crippen LogP contribution in [0.15, 0.2) is 29.2 Å². The lowest BCUT2D eigenvalue weighted by Crippen LogP contribution is -2.18. The van der Waals surface area contributed by atoms with Crippen LogP contribution in [0.3, 0.4) is 0 Å². The molecule has 30 heavy (non-hydrogen) atoms. The van der Waals surface area contributed by atoms with Crippen LogP contribution in [0.1, 0.15) is 89.5 Å². The summed E-state index contributed by atoms with van der Waals surface area (Å²) in [6.45, 7) is 4.38. The van der Waals surface area contributed by atoms with E-state index in [-0.39, 0.29) is 11.0 Å². The second-order valence-corrected chi connectivity index (χ2v) is 9.28. The van der Waals surface area contributed by atoms with Crippen LogP contribution in [-0.2, 0) is 29.3 Å².